The molecule has 1 heterocycles. The molecule has 1 aliphatic rings. The minimum Gasteiger partial charge on any atom is -0.444 e. The molecule has 4 nitrogen and oxygen atoms in total. The van der Waals surface area contributed by atoms with E-state index in [2.05, 4.69) is 5.32 Å². The van der Waals surface area contributed by atoms with Crippen molar-refractivity contribution < 1.29 is 13.9 Å². The molecule has 21 heavy (non-hydrogen) atoms. The van der Waals surface area contributed by atoms with Crippen LogP contribution in [0.3, 0.4) is 0 Å². The van der Waals surface area contributed by atoms with Gasteiger partial charge in [-0.25, -0.2) is 9.18 Å². The smallest absolute Gasteiger partial charge is 0.410 e. The lowest BCUT2D eigenvalue weighted by Gasteiger charge is -2.35. The molecule has 1 fully saturated rings. The Kier molecular flexibility index (Phi) is 4.52. The van der Waals surface area contributed by atoms with Crippen LogP contribution in [0.1, 0.15) is 37.9 Å². The summed E-state index contributed by atoms with van der Waals surface area (Å²) in [6.45, 7) is 9.00. The van der Waals surface area contributed by atoms with Gasteiger partial charge in [0.1, 0.15) is 11.4 Å². The first-order valence-electron chi connectivity index (χ1n) is 7.24. The molecule has 0 aliphatic carbocycles. The number of piperazine rings is 1. The molecule has 0 saturated carbocycles. The van der Waals surface area contributed by atoms with Crippen molar-refractivity contribution in [1.82, 2.24) is 10.2 Å². The first kappa shape index (κ1) is 15.8. The molecule has 0 aromatic heterocycles. The van der Waals surface area contributed by atoms with Gasteiger partial charge in [0.05, 0.1) is 6.04 Å². The molecule has 5 heteroatoms. The molecule has 1 amide bonds. The Labute approximate surface area is 125 Å². The van der Waals surface area contributed by atoms with Gasteiger partial charge >= 0.3 is 6.09 Å². The third kappa shape index (κ3) is 3.94. The van der Waals surface area contributed by atoms with Crippen molar-refractivity contribution in [3.63, 3.8) is 0 Å². The Balaban J connectivity index is 2.13. The average molecular weight is 294 g/mol. The van der Waals surface area contributed by atoms with Crippen molar-refractivity contribution in [3.8, 4) is 0 Å². The van der Waals surface area contributed by atoms with Gasteiger partial charge in [0.25, 0.3) is 0 Å². The van der Waals surface area contributed by atoms with Crippen LogP contribution in [-0.4, -0.2) is 36.2 Å². The van der Waals surface area contributed by atoms with Crippen LogP contribution in [-0.2, 0) is 4.74 Å². The molecule has 116 valence electrons. The second-order valence-corrected chi connectivity index (χ2v) is 6.40. The fourth-order valence-corrected chi connectivity index (χ4v) is 2.52. The fourth-order valence-electron chi connectivity index (χ4n) is 2.52. The number of carbonyl (C=O) groups excluding carboxylic acids is 1. The van der Waals surface area contributed by atoms with Crippen molar-refractivity contribution in [3.05, 3.63) is 35.1 Å². The molecule has 2 rings (SSSR count). The van der Waals surface area contributed by atoms with E-state index < -0.39 is 5.60 Å². The largest absolute Gasteiger partial charge is 0.444 e. The zero-order valence-corrected chi connectivity index (χ0v) is 13.1. The first-order chi connectivity index (χ1) is 9.78. The summed E-state index contributed by atoms with van der Waals surface area (Å²) in [7, 11) is 0. The number of rotatable bonds is 1. The van der Waals surface area contributed by atoms with E-state index in [-0.39, 0.29) is 18.0 Å². The number of benzene rings is 1. The Morgan fingerprint density at radius 3 is 2.76 bits per heavy atom. The Hall–Kier alpha value is -1.62. The maximum atomic E-state index is 14.1. The van der Waals surface area contributed by atoms with Gasteiger partial charge in [-0.2, -0.15) is 0 Å². The van der Waals surface area contributed by atoms with Gasteiger partial charge in [0.15, 0.2) is 0 Å². The SMILES string of the molecule is Cc1cccc(F)c1C1CN(C(=O)OC(C)(C)C)CCN1. The highest BCUT2D eigenvalue weighted by molar-refractivity contribution is 5.68. The van der Waals surface area contributed by atoms with Gasteiger partial charge in [0, 0.05) is 25.2 Å². The summed E-state index contributed by atoms with van der Waals surface area (Å²) in [4.78, 5) is 13.8. The number of hydrogen-bond acceptors (Lipinski definition) is 3. The van der Waals surface area contributed by atoms with Crippen molar-refractivity contribution in [1.29, 1.82) is 0 Å². The molecule has 1 saturated heterocycles. The Bertz CT molecular complexity index is 505. The van der Waals surface area contributed by atoms with Crippen LogP contribution in [0.5, 0.6) is 0 Å². The number of carbonyl (C=O) groups is 1. The maximum absolute atomic E-state index is 14.1. The molecular weight excluding hydrogens is 271 g/mol. The van der Waals surface area contributed by atoms with Crippen LogP contribution >= 0.6 is 0 Å². The molecule has 1 atom stereocenters. The number of hydrogen-bond donors (Lipinski definition) is 1. The van der Waals surface area contributed by atoms with Gasteiger partial charge in [-0.05, 0) is 39.3 Å². The average Bonchev–Trinajstić information content (AvgIpc) is 2.37. The maximum Gasteiger partial charge on any atom is 0.410 e. The number of amides is 1. The minimum atomic E-state index is -0.522. The van der Waals surface area contributed by atoms with Crippen LogP contribution in [0.25, 0.3) is 0 Å². The first-order valence-corrected chi connectivity index (χ1v) is 7.24. The van der Waals surface area contributed by atoms with E-state index in [0.717, 1.165) is 5.56 Å². The fraction of sp³-hybridized carbons (Fsp3) is 0.562. The monoisotopic (exact) mass is 294 g/mol. The van der Waals surface area contributed by atoms with Crippen molar-refractivity contribution in [2.24, 2.45) is 0 Å². The number of halogens is 1. The van der Waals surface area contributed by atoms with Crippen molar-refractivity contribution in [2.45, 2.75) is 39.3 Å². The standard InChI is InChI=1S/C16H23FN2O2/c1-11-6-5-7-12(17)14(11)13-10-19(9-8-18-13)15(20)21-16(2,3)4/h5-7,13,18H,8-10H2,1-4H3. The molecule has 1 aromatic carbocycles. The molecule has 1 N–H and O–H groups in total. The number of nitrogens with one attached hydrogen (secondary N) is 1. The van der Waals surface area contributed by atoms with Gasteiger partial charge < -0.3 is 15.0 Å². The molecule has 1 aromatic rings. The lowest BCUT2D eigenvalue weighted by Crippen LogP contribution is -2.50. The molecule has 1 aliphatic heterocycles. The summed E-state index contributed by atoms with van der Waals surface area (Å²) < 4.78 is 19.4. The van der Waals surface area contributed by atoms with Crippen molar-refractivity contribution >= 4 is 6.09 Å². The topological polar surface area (TPSA) is 41.6 Å². The molecule has 0 spiro atoms. The minimum absolute atomic E-state index is 0.201. The number of nitrogens with zero attached hydrogens (tertiary/aromatic N) is 1. The summed E-state index contributed by atoms with van der Waals surface area (Å²) in [5.74, 6) is -0.237. The lowest BCUT2D eigenvalue weighted by atomic mass is 9.99. The summed E-state index contributed by atoms with van der Waals surface area (Å²) >= 11 is 0. The summed E-state index contributed by atoms with van der Waals surface area (Å²) in [5.41, 5.74) is 0.995. The van der Waals surface area contributed by atoms with E-state index in [1.165, 1.54) is 6.07 Å². The third-order valence-corrected chi connectivity index (χ3v) is 3.45. The van der Waals surface area contributed by atoms with Crippen LogP contribution in [0, 0.1) is 12.7 Å². The molecule has 1 unspecified atom stereocenters. The lowest BCUT2D eigenvalue weighted by molar-refractivity contribution is 0.0193. The zero-order valence-electron chi connectivity index (χ0n) is 13.1. The number of aryl methyl sites for hydroxylation is 1. The summed E-state index contributed by atoms with van der Waals surface area (Å²) in [6.07, 6.45) is -0.344. The van der Waals surface area contributed by atoms with E-state index >= 15 is 0 Å². The van der Waals surface area contributed by atoms with E-state index in [1.807, 2.05) is 33.8 Å². The van der Waals surface area contributed by atoms with E-state index in [1.54, 1.807) is 11.0 Å². The van der Waals surface area contributed by atoms with E-state index in [4.69, 9.17) is 4.74 Å². The van der Waals surface area contributed by atoms with Gasteiger partial charge in [-0.15, -0.1) is 0 Å². The van der Waals surface area contributed by atoms with Crippen molar-refractivity contribution in [2.75, 3.05) is 19.6 Å². The summed E-state index contributed by atoms with van der Waals surface area (Å²) in [5, 5.41) is 3.28. The quantitative estimate of drug-likeness (QED) is 0.865. The highest BCUT2D eigenvalue weighted by Crippen LogP contribution is 2.24. The highest BCUT2D eigenvalue weighted by Gasteiger charge is 2.29. The number of ether oxygens (including phenoxy) is 1. The van der Waals surface area contributed by atoms with Crippen LogP contribution in [0.4, 0.5) is 9.18 Å². The van der Waals surface area contributed by atoms with Crippen LogP contribution in [0.15, 0.2) is 18.2 Å². The van der Waals surface area contributed by atoms with E-state index in [9.17, 15) is 9.18 Å². The van der Waals surface area contributed by atoms with Crippen LogP contribution in [0.2, 0.25) is 0 Å². The normalized spacial score (nSPS) is 19.5. The second kappa shape index (κ2) is 6.02. The van der Waals surface area contributed by atoms with Crippen LogP contribution < -0.4 is 5.32 Å². The van der Waals surface area contributed by atoms with Gasteiger partial charge in [-0.3, -0.25) is 0 Å². The zero-order chi connectivity index (χ0) is 15.6. The third-order valence-electron chi connectivity index (χ3n) is 3.45. The molecule has 0 bridgehead atoms. The molecule has 0 radical (unpaired) electrons. The predicted molar refractivity (Wildman–Crippen MR) is 79.7 cm³/mol. The van der Waals surface area contributed by atoms with Gasteiger partial charge in [0.2, 0.25) is 0 Å². The van der Waals surface area contributed by atoms with Gasteiger partial charge in [-0.1, -0.05) is 12.1 Å². The Morgan fingerprint density at radius 1 is 1.43 bits per heavy atom. The van der Waals surface area contributed by atoms with E-state index in [0.29, 0.717) is 25.2 Å². The predicted octanol–water partition coefficient (Wildman–Crippen LogP) is 3.02. The molecular formula is C16H23FN2O2. The second-order valence-electron chi connectivity index (χ2n) is 6.40. The highest BCUT2D eigenvalue weighted by atomic mass is 19.1. The summed E-state index contributed by atoms with van der Waals surface area (Å²) in [6, 6.07) is 4.83. The Morgan fingerprint density at radius 2 is 2.14 bits per heavy atom.